The summed E-state index contributed by atoms with van der Waals surface area (Å²) in [6.45, 7) is 0. The molecule has 6 nitrogen and oxygen atoms in total. The Kier molecular flexibility index (Phi) is 7.80. The van der Waals surface area contributed by atoms with Gasteiger partial charge in [-0.25, -0.2) is 15.0 Å². The van der Waals surface area contributed by atoms with Crippen LogP contribution in [0, 0.1) is 0 Å². The molecule has 0 aliphatic carbocycles. The average molecular weight is 806 g/mol. The first-order valence-electron chi connectivity index (χ1n) is 21.2. The molecule has 0 aliphatic rings. The lowest BCUT2D eigenvalue weighted by Crippen LogP contribution is -2.01. The van der Waals surface area contributed by atoms with Crippen molar-refractivity contribution in [3.8, 4) is 56.7 Å². The zero-order valence-electron chi connectivity index (χ0n) is 33.9. The van der Waals surface area contributed by atoms with Gasteiger partial charge in [-0.3, -0.25) is 0 Å². The summed E-state index contributed by atoms with van der Waals surface area (Å²) in [7, 11) is 0. The van der Waals surface area contributed by atoms with Crippen LogP contribution in [0.4, 0.5) is 0 Å². The molecule has 13 rings (SSSR count). The molecule has 0 unspecified atom stereocenters. The first-order valence-corrected chi connectivity index (χ1v) is 21.2. The van der Waals surface area contributed by atoms with E-state index in [1.54, 1.807) is 0 Å². The van der Waals surface area contributed by atoms with Gasteiger partial charge in [0.2, 0.25) is 0 Å². The molecule has 0 bridgehead atoms. The van der Waals surface area contributed by atoms with E-state index in [-0.39, 0.29) is 0 Å². The molecule has 6 heteroatoms. The Balaban J connectivity index is 1.13. The molecule has 63 heavy (non-hydrogen) atoms. The van der Waals surface area contributed by atoms with Gasteiger partial charge in [0, 0.05) is 60.3 Å². The predicted molar refractivity (Wildman–Crippen MR) is 258 cm³/mol. The van der Waals surface area contributed by atoms with Crippen molar-refractivity contribution in [1.82, 2.24) is 24.1 Å². The van der Waals surface area contributed by atoms with Crippen LogP contribution < -0.4 is 0 Å². The molecule has 13 aromatic rings. The lowest BCUT2D eigenvalue weighted by molar-refractivity contribution is 0.666. The second kappa shape index (κ2) is 14.0. The Morgan fingerprint density at radius 3 is 1.63 bits per heavy atom. The molecular formula is C57H35N5O. The number of aromatic nitrogens is 5. The first-order chi connectivity index (χ1) is 31.3. The van der Waals surface area contributed by atoms with Crippen molar-refractivity contribution in [3.05, 3.63) is 212 Å². The number of para-hydroxylation sites is 5. The largest absolute Gasteiger partial charge is 0.454 e. The zero-order chi connectivity index (χ0) is 41.4. The van der Waals surface area contributed by atoms with Crippen molar-refractivity contribution in [2.45, 2.75) is 0 Å². The van der Waals surface area contributed by atoms with Gasteiger partial charge in [-0.05, 0) is 66.2 Å². The first kappa shape index (κ1) is 35.2. The van der Waals surface area contributed by atoms with Gasteiger partial charge in [0.1, 0.15) is 5.58 Å². The Labute approximate surface area is 361 Å². The number of benzene rings is 9. The van der Waals surface area contributed by atoms with Crippen LogP contribution in [-0.2, 0) is 0 Å². The van der Waals surface area contributed by atoms with E-state index in [4.69, 9.17) is 19.4 Å². The zero-order valence-corrected chi connectivity index (χ0v) is 33.9. The molecule has 0 aliphatic heterocycles. The molecule has 4 heterocycles. The molecule has 0 fully saturated rings. The molecule has 4 aromatic heterocycles. The number of fused-ring (bicyclic) bond motifs is 9. The average Bonchev–Trinajstić information content (AvgIpc) is 4.02. The van der Waals surface area contributed by atoms with Crippen molar-refractivity contribution >= 4 is 65.6 Å². The number of furan rings is 1. The van der Waals surface area contributed by atoms with E-state index in [1.807, 2.05) is 48.5 Å². The van der Waals surface area contributed by atoms with Gasteiger partial charge in [0.15, 0.2) is 23.1 Å². The van der Waals surface area contributed by atoms with Crippen LogP contribution in [0.15, 0.2) is 217 Å². The Morgan fingerprint density at radius 1 is 0.349 bits per heavy atom. The fourth-order valence-corrected chi connectivity index (χ4v) is 9.63. The van der Waals surface area contributed by atoms with Gasteiger partial charge >= 0.3 is 0 Å². The maximum absolute atomic E-state index is 6.63. The highest BCUT2D eigenvalue weighted by Gasteiger charge is 2.24. The Morgan fingerprint density at radius 2 is 0.905 bits per heavy atom. The summed E-state index contributed by atoms with van der Waals surface area (Å²) < 4.78 is 11.4. The SMILES string of the molecule is c1ccc(-c2nc(-c3ccccc3)nc(-c3ccc4c(c3-c3ccc5c(c3)c3ccccc3n5-c3cccc5c3oc3ccccc35)c3ccccc3n4-c3ccccc3)n2)cc1. The van der Waals surface area contributed by atoms with Crippen molar-refractivity contribution in [2.75, 3.05) is 0 Å². The van der Waals surface area contributed by atoms with E-state index in [1.165, 1.54) is 0 Å². The highest BCUT2D eigenvalue weighted by Crippen LogP contribution is 2.46. The fourth-order valence-electron chi connectivity index (χ4n) is 9.63. The van der Waals surface area contributed by atoms with Crippen LogP contribution in [0.5, 0.6) is 0 Å². The molecular weight excluding hydrogens is 771 g/mol. The summed E-state index contributed by atoms with van der Waals surface area (Å²) in [6, 6.07) is 74.4. The van der Waals surface area contributed by atoms with Crippen LogP contribution in [-0.4, -0.2) is 24.1 Å². The lowest BCUT2D eigenvalue weighted by atomic mass is 9.92. The van der Waals surface area contributed by atoms with E-state index >= 15 is 0 Å². The Bertz CT molecular complexity index is 3850. The molecule has 9 aromatic carbocycles. The van der Waals surface area contributed by atoms with E-state index in [9.17, 15) is 0 Å². The van der Waals surface area contributed by atoms with Crippen molar-refractivity contribution in [2.24, 2.45) is 0 Å². The smallest absolute Gasteiger partial charge is 0.164 e. The van der Waals surface area contributed by atoms with Crippen molar-refractivity contribution in [3.63, 3.8) is 0 Å². The van der Waals surface area contributed by atoms with Crippen molar-refractivity contribution < 1.29 is 4.42 Å². The molecule has 0 atom stereocenters. The molecule has 0 spiro atoms. The predicted octanol–water partition coefficient (Wildman–Crippen LogP) is 14.6. The maximum Gasteiger partial charge on any atom is 0.164 e. The van der Waals surface area contributed by atoms with Gasteiger partial charge in [-0.2, -0.15) is 0 Å². The van der Waals surface area contributed by atoms with Gasteiger partial charge in [-0.1, -0.05) is 152 Å². The molecule has 0 N–H and O–H groups in total. The van der Waals surface area contributed by atoms with Crippen molar-refractivity contribution in [1.29, 1.82) is 0 Å². The highest BCUT2D eigenvalue weighted by atomic mass is 16.3. The summed E-state index contributed by atoms with van der Waals surface area (Å²) in [4.78, 5) is 15.7. The quantitative estimate of drug-likeness (QED) is 0.168. The van der Waals surface area contributed by atoms with Gasteiger partial charge in [0.25, 0.3) is 0 Å². The third-order valence-electron chi connectivity index (χ3n) is 12.4. The summed E-state index contributed by atoms with van der Waals surface area (Å²) in [6.07, 6.45) is 0. The summed E-state index contributed by atoms with van der Waals surface area (Å²) in [5, 5.41) is 6.77. The summed E-state index contributed by atoms with van der Waals surface area (Å²) >= 11 is 0. The third-order valence-corrected chi connectivity index (χ3v) is 12.4. The number of hydrogen-bond donors (Lipinski definition) is 0. The molecule has 0 radical (unpaired) electrons. The highest BCUT2D eigenvalue weighted by molar-refractivity contribution is 6.20. The standard InChI is InChI=1S/C57H35N5O/c1-4-17-36(18-5-1)55-58-56(37-19-6-2-7-20-37)60-57(59-55)44-32-34-49-53(43-25-11-14-28-47(43)61(49)39-21-8-3-9-22-39)52(44)38-31-33-48-45(35-38)40-23-10-13-27-46(40)62(48)50-29-16-26-42-41-24-12-15-30-51(41)63-54(42)50/h1-35H. The minimum absolute atomic E-state index is 0.607. The van der Waals surface area contributed by atoms with Crippen LogP contribution in [0.3, 0.4) is 0 Å². The topological polar surface area (TPSA) is 61.7 Å². The van der Waals surface area contributed by atoms with E-state index in [0.29, 0.717) is 17.5 Å². The summed E-state index contributed by atoms with van der Waals surface area (Å²) in [5.74, 6) is 1.85. The van der Waals surface area contributed by atoms with Crippen LogP contribution in [0.1, 0.15) is 0 Å². The molecule has 0 saturated heterocycles. The second-order valence-corrected chi connectivity index (χ2v) is 15.9. The van der Waals surface area contributed by atoms with Crippen LogP contribution >= 0.6 is 0 Å². The van der Waals surface area contributed by atoms with E-state index in [2.05, 4.69) is 173 Å². The molecule has 0 saturated carbocycles. The monoisotopic (exact) mass is 805 g/mol. The van der Waals surface area contributed by atoms with E-state index < -0.39 is 0 Å². The minimum atomic E-state index is 0.607. The lowest BCUT2D eigenvalue weighted by Gasteiger charge is -2.15. The van der Waals surface area contributed by atoms with Crippen LogP contribution in [0.2, 0.25) is 0 Å². The van der Waals surface area contributed by atoms with Gasteiger partial charge in [-0.15, -0.1) is 0 Å². The fraction of sp³-hybridized carbons (Fsp3) is 0. The molecule has 0 amide bonds. The second-order valence-electron chi connectivity index (χ2n) is 15.9. The maximum atomic E-state index is 6.63. The normalized spacial score (nSPS) is 11.8. The van der Waals surface area contributed by atoms with Gasteiger partial charge < -0.3 is 13.6 Å². The minimum Gasteiger partial charge on any atom is -0.454 e. The third kappa shape index (κ3) is 5.48. The van der Waals surface area contributed by atoms with Crippen LogP contribution in [0.25, 0.3) is 122 Å². The summed E-state index contributed by atoms with van der Waals surface area (Å²) in [5.41, 5.74) is 13.2. The number of nitrogens with zero attached hydrogens (tertiary/aromatic N) is 5. The molecule has 294 valence electrons. The number of rotatable bonds is 6. The Hall–Kier alpha value is -8.61. The number of hydrogen-bond acceptors (Lipinski definition) is 4. The van der Waals surface area contributed by atoms with Gasteiger partial charge in [0.05, 0.1) is 27.8 Å². The van der Waals surface area contributed by atoms with E-state index in [0.717, 1.165) is 105 Å².